The van der Waals surface area contributed by atoms with Gasteiger partial charge < -0.3 is 10.6 Å². The maximum Gasteiger partial charge on any atom is 0.229 e. The highest BCUT2D eigenvalue weighted by molar-refractivity contribution is 6.02. The van der Waals surface area contributed by atoms with Gasteiger partial charge in [-0.25, -0.2) is 0 Å². The molecule has 1 aromatic heterocycles. The Hall–Kier alpha value is -2.72. The highest BCUT2D eigenvalue weighted by Crippen LogP contribution is 2.30. The topological polar surface area (TPSA) is 54.0 Å². The SMILES string of the molecule is O=C(Nc1cccc2ncccc12)[C@@H]1CNC[C@H]1c1ccccc1. The second-order valence-electron chi connectivity index (χ2n) is 6.15. The molecule has 2 aromatic carbocycles. The average molecular weight is 317 g/mol. The van der Waals surface area contributed by atoms with Crippen molar-refractivity contribution in [1.29, 1.82) is 0 Å². The van der Waals surface area contributed by atoms with Crippen molar-refractivity contribution in [3.05, 3.63) is 72.4 Å². The van der Waals surface area contributed by atoms with Crippen molar-refractivity contribution in [1.82, 2.24) is 10.3 Å². The lowest BCUT2D eigenvalue weighted by Gasteiger charge is -2.19. The van der Waals surface area contributed by atoms with Crippen molar-refractivity contribution in [2.45, 2.75) is 5.92 Å². The molecule has 0 spiro atoms. The second-order valence-corrected chi connectivity index (χ2v) is 6.15. The van der Waals surface area contributed by atoms with E-state index in [4.69, 9.17) is 0 Å². The number of rotatable bonds is 3. The standard InChI is InChI=1S/C20H19N3O/c24-20(17-13-21-12-16(17)14-6-2-1-3-7-14)23-19-10-4-9-18-15(19)8-5-11-22-18/h1-11,16-17,21H,12-13H2,(H,23,24)/t16-,17+/m0/s1. The van der Waals surface area contributed by atoms with Crippen LogP contribution in [-0.4, -0.2) is 24.0 Å². The molecule has 2 atom stereocenters. The summed E-state index contributed by atoms with van der Waals surface area (Å²) >= 11 is 0. The van der Waals surface area contributed by atoms with E-state index < -0.39 is 0 Å². The number of anilines is 1. The fraction of sp³-hybridized carbons (Fsp3) is 0.200. The maximum absolute atomic E-state index is 12.9. The molecule has 0 unspecified atom stereocenters. The van der Waals surface area contributed by atoms with Gasteiger partial charge in [0.1, 0.15) is 0 Å². The molecule has 1 aliphatic heterocycles. The van der Waals surface area contributed by atoms with Gasteiger partial charge in [0.15, 0.2) is 0 Å². The van der Waals surface area contributed by atoms with Crippen LogP contribution in [0.1, 0.15) is 11.5 Å². The van der Waals surface area contributed by atoms with Crippen LogP contribution >= 0.6 is 0 Å². The summed E-state index contributed by atoms with van der Waals surface area (Å²) < 4.78 is 0. The molecule has 3 aromatic rings. The van der Waals surface area contributed by atoms with Crippen LogP contribution in [0, 0.1) is 5.92 Å². The Morgan fingerprint density at radius 2 is 1.88 bits per heavy atom. The van der Waals surface area contributed by atoms with Crippen molar-refractivity contribution in [2.24, 2.45) is 5.92 Å². The smallest absolute Gasteiger partial charge is 0.229 e. The Bertz CT molecular complexity index is 858. The Morgan fingerprint density at radius 1 is 1.00 bits per heavy atom. The van der Waals surface area contributed by atoms with Crippen LogP contribution in [0.2, 0.25) is 0 Å². The number of hydrogen-bond donors (Lipinski definition) is 2. The molecule has 2 heterocycles. The molecule has 2 N–H and O–H groups in total. The van der Waals surface area contributed by atoms with Crippen LogP contribution in [0.15, 0.2) is 66.9 Å². The third kappa shape index (κ3) is 2.76. The monoisotopic (exact) mass is 317 g/mol. The van der Waals surface area contributed by atoms with Crippen LogP contribution in [0.25, 0.3) is 10.9 Å². The molecule has 1 fully saturated rings. The number of nitrogens with zero attached hydrogens (tertiary/aromatic N) is 1. The third-order valence-corrected chi connectivity index (χ3v) is 4.68. The molecular formula is C20H19N3O. The van der Waals surface area contributed by atoms with E-state index in [2.05, 4.69) is 27.8 Å². The van der Waals surface area contributed by atoms with E-state index in [0.29, 0.717) is 6.54 Å². The Kier molecular flexibility index (Phi) is 3.97. The third-order valence-electron chi connectivity index (χ3n) is 4.68. The Morgan fingerprint density at radius 3 is 2.75 bits per heavy atom. The number of aromatic nitrogens is 1. The first kappa shape index (κ1) is 14.8. The van der Waals surface area contributed by atoms with Gasteiger partial charge in [0.05, 0.1) is 17.1 Å². The first-order chi connectivity index (χ1) is 11.8. The summed E-state index contributed by atoms with van der Waals surface area (Å²) in [6, 6.07) is 19.9. The van der Waals surface area contributed by atoms with E-state index in [1.807, 2.05) is 48.5 Å². The summed E-state index contributed by atoms with van der Waals surface area (Å²) in [6.45, 7) is 1.54. The molecule has 0 aliphatic carbocycles. The number of hydrogen-bond acceptors (Lipinski definition) is 3. The largest absolute Gasteiger partial charge is 0.325 e. The van der Waals surface area contributed by atoms with Crippen molar-refractivity contribution in [3.8, 4) is 0 Å². The zero-order valence-corrected chi connectivity index (χ0v) is 13.3. The minimum atomic E-state index is -0.0701. The minimum absolute atomic E-state index is 0.0604. The van der Waals surface area contributed by atoms with Crippen LogP contribution < -0.4 is 10.6 Å². The molecule has 0 saturated carbocycles. The van der Waals surface area contributed by atoms with E-state index in [1.54, 1.807) is 6.20 Å². The predicted octanol–water partition coefficient (Wildman–Crippen LogP) is 3.18. The van der Waals surface area contributed by atoms with Gasteiger partial charge in [-0.15, -0.1) is 0 Å². The molecule has 1 saturated heterocycles. The Balaban J connectivity index is 1.59. The van der Waals surface area contributed by atoms with Crippen molar-refractivity contribution >= 4 is 22.5 Å². The number of nitrogens with one attached hydrogen (secondary N) is 2. The molecule has 0 radical (unpaired) electrons. The van der Waals surface area contributed by atoms with Gasteiger partial charge in [-0.05, 0) is 29.8 Å². The number of pyridine rings is 1. The Labute approximate surface area is 140 Å². The van der Waals surface area contributed by atoms with Gasteiger partial charge in [-0.2, -0.15) is 0 Å². The van der Waals surface area contributed by atoms with Gasteiger partial charge in [-0.1, -0.05) is 36.4 Å². The van der Waals surface area contributed by atoms with E-state index >= 15 is 0 Å². The summed E-state index contributed by atoms with van der Waals surface area (Å²) in [5.41, 5.74) is 2.92. The van der Waals surface area contributed by atoms with Crippen LogP contribution in [0.4, 0.5) is 5.69 Å². The van der Waals surface area contributed by atoms with Crippen LogP contribution in [0.5, 0.6) is 0 Å². The van der Waals surface area contributed by atoms with E-state index in [9.17, 15) is 4.79 Å². The molecule has 4 nitrogen and oxygen atoms in total. The van der Waals surface area contributed by atoms with E-state index in [1.165, 1.54) is 5.56 Å². The fourth-order valence-corrected chi connectivity index (χ4v) is 3.44. The summed E-state index contributed by atoms with van der Waals surface area (Å²) in [5.74, 6) is 0.198. The van der Waals surface area contributed by atoms with Gasteiger partial charge in [0, 0.05) is 30.6 Å². The summed E-state index contributed by atoms with van der Waals surface area (Å²) in [5, 5.41) is 7.43. The van der Waals surface area contributed by atoms with Gasteiger partial charge >= 0.3 is 0 Å². The molecule has 1 amide bonds. The van der Waals surface area contributed by atoms with Crippen LogP contribution in [0.3, 0.4) is 0 Å². The first-order valence-corrected chi connectivity index (χ1v) is 8.23. The molecular weight excluding hydrogens is 298 g/mol. The average Bonchev–Trinajstić information content (AvgIpc) is 3.13. The van der Waals surface area contributed by atoms with Gasteiger partial charge in [0.25, 0.3) is 0 Å². The lowest BCUT2D eigenvalue weighted by Crippen LogP contribution is -2.28. The highest BCUT2D eigenvalue weighted by Gasteiger charge is 2.34. The maximum atomic E-state index is 12.9. The van der Waals surface area contributed by atoms with Gasteiger partial charge in [0.2, 0.25) is 5.91 Å². The van der Waals surface area contributed by atoms with Crippen LogP contribution in [-0.2, 0) is 4.79 Å². The molecule has 24 heavy (non-hydrogen) atoms. The second kappa shape index (κ2) is 6.42. The zero-order valence-electron chi connectivity index (χ0n) is 13.3. The first-order valence-electron chi connectivity index (χ1n) is 8.23. The number of carbonyl (C=O) groups is 1. The summed E-state index contributed by atoms with van der Waals surface area (Å²) in [7, 11) is 0. The molecule has 120 valence electrons. The van der Waals surface area contributed by atoms with Crippen molar-refractivity contribution in [3.63, 3.8) is 0 Å². The number of carbonyl (C=O) groups excluding carboxylic acids is 1. The van der Waals surface area contributed by atoms with Crippen molar-refractivity contribution in [2.75, 3.05) is 18.4 Å². The molecule has 4 heteroatoms. The van der Waals surface area contributed by atoms with E-state index in [0.717, 1.165) is 23.1 Å². The lowest BCUT2D eigenvalue weighted by molar-refractivity contribution is -0.119. The molecule has 4 rings (SSSR count). The molecule has 0 bridgehead atoms. The zero-order chi connectivity index (χ0) is 16.4. The highest BCUT2D eigenvalue weighted by atomic mass is 16.1. The number of fused-ring (bicyclic) bond motifs is 1. The lowest BCUT2D eigenvalue weighted by atomic mass is 9.88. The summed E-state index contributed by atoms with van der Waals surface area (Å²) in [6.07, 6.45) is 1.76. The quantitative estimate of drug-likeness (QED) is 0.780. The normalized spacial score (nSPS) is 20.2. The van der Waals surface area contributed by atoms with Gasteiger partial charge in [-0.3, -0.25) is 9.78 Å². The number of benzene rings is 2. The predicted molar refractivity (Wildman–Crippen MR) is 95.9 cm³/mol. The van der Waals surface area contributed by atoms with E-state index in [-0.39, 0.29) is 17.7 Å². The summed E-state index contributed by atoms with van der Waals surface area (Å²) in [4.78, 5) is 17.2. The fourth-order valence-electron chi connectivity index (χ4n) is 3.44. The van der Waals surface area contributed by atoms with Crippen molar-refractivity contribution < 1.29 is 4.79 Å². The molecule has 1 aliphatic rings. The number of amides is 1. The minimum Gasteiger partial charge on any atom is -0.325 e.